The molecule has 3 amide bonds. The lowest BCUT2D eigenvalue weighted by Gasteiger charge is -2.21. The Morgan fingerprint density at radius 3 is 2.40 bits per heavy atom. The maximum atomic E-state index is 12.5. The van der Waals surface area contributed by atoms with E-state index in [0.29, 0.717) is 30.0 Å². The second-order valence-corrected chi connectivity index (χ2v) is 7.38. The minimum atomic E-state index is -0.891. The van der Waals surface area contributed by atoms with E-state index < -0.39 is 17.9 Å². The highest BCUT2D eigenvalue weighted by Gasteiger charge is 2.40. The number of imide groups is 1. The SMILES string of the molecule is CC(C(=O)NCCNc1cc(N2CCCC2)ncn1)N1C(=O)c2ccccc2C1=O. The second kappa shape index (κ2) is 8.48. The molecule has 1 aromatic heterocycles. The Morgan fingerprint density at radius 2 is 1.73 bits per heavy atom. The van der Waals surface area contributed by atoms with Gasteiger partial charge in [-0.05, 0) is 31.9 Å². The molecule has 3 heterocycles. The summed E-state index contributed by atoms with van der Waals surface area (Å²) in [6.45, 7) is 4.34. The van der Waals surface area contributed by atoms with Crippen LogP contribution in [0.4, 0.5) is 11.6 Å². The summed E-state index contributed by atoms with van der Waals surface area (Å²) in [5.41, 5.74) is 0.669. The Morgan fingerprint density at radius 1 is 1.07 bits per heavy atom. The molecule has 0 saturated carbocycles. The first-order chi connectivity index (χ1) is 14.6. The smallest absolute Gasteiger partial charge is 0.262 e. The van der Waals surface area contributed by atoms with E-state index in [9.17, 15) is 14.4 Å². The number of hydrogen-bond acceptors (Lipinski definition) is 7. The van der Waals surface area contributed by atoms with Gasteiger partial charge < -0.3 is 15.5 Å². The van der Waals surface area contributed by atoms with Gasteiger partial charge in [-0.15, -0.1) is 0 Å². The number of fused-ring (bicyclic) bond motifs is 1. The van der Waals surface area contributed by atoms with Gasteiger partial charge in [-0.2, -0.15) is 0 Å². The van der Waals surface area contributed by atoms with Gasteiger partial charge in [-0.3, -0.25) is 19.3 Å². The lowest BCUT2D eigenvalue weighted by Crippen LogP contribution is -2.48. The molecule has 2 N–H and O–H groups in total. The van der Waals surface area contributed by atoms with Gasteiger partial charge >= 0.3 is 0 Å². The summed E-state index contributed by atoms with van der Waals surface area (Å²) in [6.07, 6.45) is 3.87. The van der Waals surface area contributed by atoms with E-state index >= 15 is 0 Å². The van der Waals surface area contributed by atoms with Crippen LogP contribution in [0.3, 0.4) is 0 Å². The van der Waals surface area contributed by atoms with Crippen molar-refractivity contribution in [1.29, 1.82) is 0 Å². The molecule has 1 saturated heterocycles. The number of hydrogen-bond donors (Lipinski definition) is 2. The van der Waals surface area contributed by atoms with Gasteiger partial charge in [0.15, 0.2) is 0 Å². The molecule has 0 spiro atoms. The summed E-state index contributed by atoms with van der Waals surface area (Å²) in [6, 6.07) is 7.61. The summed E-state index contributed by atoms with van der Waals surface area (Å²) < 4.78 is 0. The quantitative estimate of drug-likeness (QED) is 0.525. The highest BCUT2D eigenvalue weighted by Crippen LogP contribution is 2.24. The molecule has 0 aliphatic carbocycles. The van der Waals surface area contributed by atoms with Crippen LogP contribution in [0.15, 0.2) is 36.7 Å². The summed E-state index contributed by atoms with van der Waals surface area (Å²) in [7, 11) is 0. The van der Waals surface area contributed by atoms with E-state index in [0.717, 1.165) is 23.8 Å². The van der Waals surface area contributed by atoms with Crippen LogP contribution < -0.4 is 15.5 Å². The molecular weight excluding hydrogens is 384 g/mol. The Labute approximate surface area is 174 Å². The normalized spacial score (nSPS) is 16.6. The van der Waals surface area contributed by atoms with Crippen molar-refractivity contribution >= 4 is 29.4 Å². The fraction of sp³-hybridized carbons (Fsp3) is 0.381. The van der Waals surface area contributed by atoms with Gasteiger partial charge in [0.05, 0.1) is 11.1 Å². The monoisotopic (exact) mass is 408 g/mol. The number of aromatic nitrogens is 2. The molecule has 156 valence electrons. The molecule has 1 aromatic carbocycles. The van der Waals surface area contributed by atoms with Crippen LogP contribution >= 0.6 is 0 Å². The average Bonchev–Trinajstić information content (AvgIpc) is 3.39. The van der Waals surface area contributed by atoms with Crippen LogP contribution in [-0.2, 0) is 4.79 Å². The van der Waals surface area contributed by atoms with Gasteiger partial charge in [0.2, 0.25) is 5.91 Å². The Kier molecular flexibility index (Phi) is 5.60. The number of amides is 3. The third kappa shape index (κ3) is 3.83. The van der Waals surface area contributed by atoms with Crippen LogP contribution in [0.5, 0.6) is 0 Å². The first kappa shape index (κ1) is 19.8. The fourth-order valence-electron chi connectivity index (χ4n) is 3.76. The predicted molar refractivity (Wildman–Crippen MR) is 111 cm³/mol. The third-order valence-corrected chi connectivity index (χ3v) is 5.41. The van der Waals surface area contributed by atoms with Crippen molar-refractivity contribution in [3.63, 3.8) is 0 Å². The summed E-state index contributed by atoms with van der Waals surface area (Å²) >= 11 is 0. The zero-order valence-corrected chi connectivity index (χ0v) is 16.8. The molecule has 4 rings (SSSR count). The molecule has 9 nitrogen and oxygen atoms in total. The minimum absolute atomic E-state index is 0.329. The van der Waals surface area contributed by atoms with E-state index in [2.05, 4.69) is 25.5 Å². The van der Waals surface area contributed by atoms with E-state index in [1.807, 2.05) is 6.07 Å². The number of benzene rings is 1. The molecule has 1 atom stereocenters. The number of nitrogens with one attached hydrogen (secondary N) is 2. The highest BCUT2D eigenvalue weighted by molar-refractivity contribution is 6.22. The van der Waals surface area contributed by atoms with Crippen molar-refractivity contribution in [2.24, 2.45) is 0 Å². The fourth-order valence-corrected chi connectivity index (χ4v) is 3.76. The zero-order chi connectivity index (χ0) is 21.1. The Hall–Kier alpha value is -3.49. The molecule has 0 radical (unpaired) electrons. The third-order valence-electron chi connectivity index (χ3n) is 5.41. The molecule has 30 heavy (non-hydrogen) atoms. The van der Waals surface area contributed by atoms with Crippen LogP contribution in [0.1, 0.15) is 40.5 Å². The summed E-state index contributed by atoms with van der Waals surface area (Å²) in [4.78, 5) is 49.3. The van der Waals surface area contributed by atoms with Gasteiger partial charge in [0, 0.05) is 32.2 Å². The van der Waals surface area contributed by atoms with Crippen LogP contribution in [0.25, 0.3) is 0 Å². The number of nitrogens with zero attached hydrogens (tertiary/aromatic N) is 4. The maximum Gasteiger partial charge on any atom is 0.262 e. The molecule has 2 aliphatic rings. The Balaban J connectivity index is 1.28. The summed E-state index contributed by atoms with van der Waals surface area (Å²) in [5, 5.41) is 5.93. The van der Waals surface area contributed by atoms with E-state index in [4.69, 9.17) is 0 Å². The van der Waals surface area contributed by atoms with Crippen molar-refractivity contribution in [1.82, 2.24) is 20.2 Å². The molecule has 2 aliphatic heterocycles. The van der Waals surface area contributed by atoms with Crippen molar-refractivity contribution < 1.29 is 14.4 Å². The average molecular weight is 408 g/mol. The standard InChI is InChI=1S/C21H24N6O3/c1-14(27-20(29)15-6-2-3-7-16(15)21(27)30)19(28)23-9-8-22-17-12-18(25-13-24-17)26-10-4-5-11-26/h2-3,6-7,12-14H,4-5,8-11H2,1H3,(H,23,28)(H,22,24,25). The van der Waals surface area contributed by atoms with Crippen molar-refractivity contribution in [2.45, 2.75) is 25.8 Å². The van der Waals surface area contributed by atoms with Crippen LogP contribution in [0, 0.1) is 0 Å². The topological polar surface area (TPSA) is 108 Å². The van der Waals surface area contributed by atoms with E-state index in [-0.39, 0.29) is 5.91 Å². The van der Waals surface area contributed by atoms with Gasteiger partial charge in [0.1, 0.15) is 24.0 Å². The number of anilines is 2. The predicted octanol–water partition coefficient (Wildman–Crippen LogP) is 1.29. The van der Waals surface area contributed by atoms with Crippen molar-refractivity contribution in [3.05, 3.63) is 47.8 Å². The lowest BCUT2D eigenvalue weighted by molar-refractivity contribution is -0.124. The first-order valence-corrected chi connectivity index (χ1v) is 10.1. The maximum absolute atomic E-state index is 12.5. The second-order valence-electron chi connectivity index (χ2n) is 7.38. The van der Waals surface area contributed by atoms with Gasteiger partial charge in [-0.25, -0.2) is 9.97 Å². The Bertz CT molecular complexity index is 938. The summed E-state index contributed by atoms with van der Waals surface area (Å²) in [5.74, 6) is 0.327. The largest absolute Gasteiger partial charge is 0.368 e. The van der Waals surface area contributed by atoms with Crippen LogP contribution in [0.2, 0.25) is 0 Å². The molecule has 1 unspecified atom stereocenters. The van der Waals surface area contributed by atoms with Crippen LogP contribution in [-0.4, -0.2) is 64.8 Å². The minimum Gasteiger partial charge on any atom is -0.368 e. The molecular formula is C21H24N6O3. The molecule has 9 heteroatoms. The van der Waals surface area contributed by atoms with E-state index in [1.54, 1.807) is 31.2 Å². The van der Waals surface area contributed by atoms with Crippen molar-refractivity contribution in [3.8, 4) is 0 Å². The highest BCUT2D eigenvalue weighted by atomic mass is 16.2. The van der Waals surface area contributed by atoms with E-state index in [1.165, 1.54) is 19.2 Å². The number of carbonyl (C=O) groups excluding carboxylic acids is 3. The molecule has 1 fully saturated rings. The number of rotatable bonds is 7. The van der Waals surface area contributed by atoms with Gasteiger partial charge in [-0.1, -0.05) is 12.1 Å². The van der Waals surface area contributed by atoms with Crippen molar-refractivity contribution in [2.75, 3.05) is 36.4 Å². The van der Waals surface area contributed by atoms with Gasteiger partial charge in [0.25, 0.3) is 11.8 Å². The number of carbonyl (C=O) groups is 3. The lowest BCUT2D eigenvalue weighted by atomic mass is 10.1. The zero-order valence-electron chi connectivity index (χ0n) is 16.8. The molecule has 0 bridgehead atoms. The first-order valence-electron chi connectivity index (χ1n) is 10.1. The molecule has 2 aromatic rings.